The van der Waals surface area contributed by atoms with Crippen LogP contribution >= 0.6 is 0 Å². The van der Waals surface area contributed by atoms with Crippen molar-refractivity contribution in [2.24, 2.45) is 20.5 Å². The van der Waals surface area contributed by atoms with E-state index in [1.807, 2.05) is 42.5 Å². The van der Waals surface area contributed by atoms with Gasteiger partial charge in [-0.05, 0) is 79.8 Å². The lowest BCUT2D eigenvalue weighted by Gasteiger charge is -2.17. The summed E-state index contributed by atoms with van der Waals surface area (Å²) in [5.74, 6) is 0.610. The Morgan fingerprint density at radius 1 is 0.758 bits per heavy atom. The Labute approximate surface area is 196 Å². The molecule has 1 aliphatic rings. The number of rotatable bonds is 9. The van der Waals surface area contributed by atoms with Crippen LogP contribution in [0.1, 0.15) is 38.2 Å². The van der Waals surface area contributed by atoms with Gasteiger partial charge in [-0.3, -0.25) is 0 Å². The summed E-state index contributed by atoms with van der Waals surface area (Å²) in [6.07, 6.45) is 6.03. The van der Waals surface area contributed by atoms with Gasteiger partial charge in [0.25, 0.3) is 0 Å². The normalized spacial score (nSPS) is 13.9. The van der Waals surface area contributed by atoms with Gasteiger partial charge in [0.1, 0.15) is 11.4 Å². The standard InChI is InChI=1S/C27H31N5O/c1-3-4-7-21-8-10-22(11-9-21)29-31-26-17-14-24(20-27(26)33-2)30-28-23-12-15-25(16-13-23)32-18-5-6-19-32/h8-17,20H,3-7,18-19H2,1-2H3/b30-28+,31-29+. The van der Waals surface area contributed by atoms with Crippen LogP contribution in [0.4, 0.5) is 28.4 Å². The molecule has 0 saturated carbocycles. The third-order valence-corrected chi connectivity index (χ3v) is 5.79. The Hall–Kier alpha value is -3.54. The minimum absolute atomic E-state index is 0.610. The molecular formula is C27H31N5O. The highest BCUT2D eigenvalue weighted by Crippen LogP contribution is 2.34. The zero-order valence-electron chi connectivity index (χ0n) is 19.4. The van der Waals surface area contributed by atoms with Gasteiger partial charge >= 0.3 is 0 Å². The van der Waals surface area contributed by atoms with E-state index in [0.717, 1.165) is 30.9 Å². The van der Waals surface area contributed by atoms with E-state index in [2.05, 4.69) is 56.5 Å². The number of azo groups is 2. The Balaban J connectivity index is 1.41. The second-order valence-corrected chi connectivity index (χ2v) is 8.24. The second kappa shape index (κ2) is 11.4. The molecule has 0 atom stereocenters. The molecule has 1 saturated heterocycles. The Morgan fingerprint density at radius 3 is 2.03 bits per heavy atom. The Kier molecular flexibility index (Phi) is 7.80. The summed E-state index contributed by atoms with van der Waals surface area (Å²) >= 11 is 0. The molecule has 0 unspecified atom stereocenters. The molecule has 1 aliphatic heterocycles. The van der Waals surface area contributed by atoms with Crippen molar-refractivity contribution in [2.75, 3.05) is 25.1 Å². The quantitative estimate of drug-likeness (QED) is 0.313. The molecule has 1 fully saturated rings. The number of nitrogens with zero attached hydrogens (tertiary/aromatic N) is 5. The van der Waals surface area contributed by atoms with Crippen LogP contribution in [-0.4, -0.2) is 20.2 Å². The van der Waals surface area contributed by atoms with Crippen LogP contribution in [-0.2, 0) is 6.42 Å². The zero-order valence-corrected chi connectivity index (χ0v) is 19.4. The van der Waals surface area contributed by atoms with Gasteiger partial charge in [0.15, 0.2) is 0 Å². The van der Waals surface area contributed by atoms with Gasteiger partial charge < -0.3 is 9.64 Å². The third kappa shape index (κ3) is 6.25. The lowest BCUT2D eigenvalue weighted by atomic mass is 10.1. The molecule has 0 aliphatic carbocycles. The summed E-state index contributed by atoms with van der Waals surface area (Å²) in [5.41, 5.74) is 5.57. The van der Waals surface area contributed by atoms with Gasteiger partial charge in [0.2, 0.25) is 0 Å². The summed E-state index contributed by atoms with van der Waals surface area (Å²) in [7, 11) is 1.62. The van der Waals surface area contributed by atoms with E-state index in [1.165, 1.54) is 36.9 Å². The minimum Gasteiger partial charge on any atom is -0.494 e. The van der Waals surface area contributed by atoms with Crippen LogP contribution in [0.25, 0.3) is 0 Å². The van der Waals surface area contributed by atoms with Crippen LogP contribution in [0.2, 0.25) is 0 Å². The number of hydrogen-bond donors (Lipinski definition) is 0. The van der Waals surface area contributed by atoms with Gasteiger partial charge in [0, 0.05) is 24.8 Å². The number of hydrogen-bond acceptors (Lipinski definition) is 6. The van der Waals surface area contributed by atoms with Crippen LogP contribution in [0.15, 0.2) is 87.2 Å². The molecule has 3 aromatic rings. The minimum atomic E-state index is 0.610. The first kappa shape index (κ1) is 22.6. The van der Waals surface area contributed by atoms with Gasteiger partial charge in [-0.1, -0.05) is 25.5 Å². The van der Waals surface area contributed by atoms with Crippen molar-refractivity contribution in [3.8, 4) is 5.75 Å². The first-order valence-corrected chi connectivity index (χ1v) is 11.7. The molecular weight excluding hydrogens is 410 g/mol. The van der Waals surface area contributed by atoms with Crippen LogP contribution in [0.3, 0.4) is 0 Å². The first-order chi connectivity index (χ1) is 16.2. The molecule has 170 valence electrons. The topological polar surface area (TPSA) is 61.9 Å². The average molecular weight is 442 g/mol. The molecule has 33 heavy (non-hydrogen) atoms. The summed E-state index contributed by atoms with van der Waals surface area (Å²) in [4.78, 5) is 2.40. The average Bonchev–Trinajstić information content (AvgIpc) is 3.41. The number of methoxy groups -OCH3 is 1. The highest BCUT2D eigenvalue weighted by atomic mass is 16.5. The summed E-state index contributed by atoms with van der Waals surface area (Å²) in [5, 5.41) is 17.5. The van der Waals surface area contributed by atoms with E-state index < -0.39 is 0 Å². The molecule has 4 rings (SSSR count). The third-order valence-electron chi connectivity index (χ3n) is 5.79. The molecule has 0 amide bonds. The van der Waals surface area contributed by atoms with Gasteiger partial charge in [-0.2, -0.15) is 15.3 Å². The van der Waals surface area contributed by atoms with Gasteiger partial charge in [-0.25, -0.2) is 0 Å². The highest BCUT2D eigenvalue weighted by molar-refractivity contribution is 5.59. The van der Waals surface area contributed by atoms with Crippen molar-refractivity contribution in [1.82, 2.24) is 0 Å². The summed E-state index contributed by atoms with van der Waals surface area (Å²) < 4.78 is 5.50. The summed E-state index contributed by atoms with van der Waals surface area (Å²) in [6, 6.07) is 22.0. The predicted octanol–water partition coefficient (Wildman–Crippen LogP) is 8.47. The number of aryl methyl sites for hydroxylation is 1. The molecule has 0 radical (unpaired) electrons. The van der Waals surface area contributed by atoms with Crippen molar-refractivity contribution < 1.29 is 4.74 Å². The molecule has 6 heteroatoms. The van der Waals surface area contributed by atoms with E-state index in [-0.39, 0.29) is 0 Å². The van der Waals surface area contributed by atoms with E-state index in [4.69, 9.17) is 4.74 Å². The van der Waals surface area contributed by atoms with Gasteiger partial charge in [0.05, 0.1) is 24.2 Å². The Morgan fingerprint density at radius 2 is 1.36 bits per heavy atom. The van der Waals surface area contributed by atoms with Crippen LogP contribution in [0.5, 0.6) is 5.75 Å². The first-order valence-electron chi connectivity index (χ1n) is 11.7. The molecule has 6 nitrogen and oxygen atoms in total. The van der Waals surface area contributed by atoms with Crippen molar-refractivity contribution in [3.63, 3.8) is 0 Å². The lowest BCUT2D eigenvalue weighted by molar-refractivity contribution is 0.416. The fourth-order valence-electron chi connectivity index (χ4n) is 3.85. The maximum Gasteiger partial charge on any atom is 0.148 e. The molecule has 0 spiro atoms. The van der Waals surface area contributed by atoms with E-state index in [0.29, 0.717) is 17.1 Å². The van der Waals surface area contributed by atoms with Crippen LogP contribution in [0, 0.1) is 0 Å². The summed E-state index contributed by atoms with van der Waals surface area (Å²) in [6.45, 7) is 4.47. The fraction of sp³-hybridized carbons (Fsp3) is 0.333. The van der Waals surface area contributed by atoms with Crippen molar-refractivity contribution in [3.05, 3.63) is 72.3 Å². The predicted molar refractivity (Wildman–Crippen MR) is 134 cm³/mol. The van der Waals surface area contributed by atoms with E-state index in [1.54, 1.807) is 7.11 Å². The monoisotopic (exact) mass is 441 g/mol. The maximum atomic E-state index is 5.50. The number of benzene rings is 3. The lowest BCUT2D eigenvalue weighted by Crippen LogP contribution is -2.17. The second-order valence-electron chi connectivity index (χ2n) is 8.24. The molecule has 0 N–H and O–H groups in total. The maximum absolute atomic E-state index is 5.50. The molecule has 0 bridgehead atoms. The van der Waals surface area contributed by atoms with Crippen molar-refractivity contribution in [2.45, 2.75) is 39.0 Å². The molecule has 1 heterocycles. The van der Waals surface area contributed by atoms with Crippen molar-refractivity contribution >= 4 is 28.4 Å². The van der Waals surface area contributed by atoms with E-state index in [9.17, 15) is 0 Å². The van der Waals surface area contributed by atoms with Gasteiger partial charge in [-0.15, -0.1) is 5.11 Å². The number of ether oxygens (including phenoxy) is 1. The molecule has 0 aromatic heterocycles. The van der Waals surface area contributed by atoms with Crippen LogP contribution < -0.4 is 9.64 Å². The number of unbranched alkanes of at least 4 members (excludes halogenated alkanes) is 1. The SMILES string of the molecule is CCCCc1ccc(/N=N/c2ccc(/N=N/c3ccc(N4CCCC4)cc3)cc2OC)cc1. The number of anilines is 1. The van der Waals surface area contributed by atoms with E-state index >= 15 is 0 Å². The largest absolute Gasteiger partial charge is 0.494 e. The smallest absolute Gasteiger partial charge is 0.148 e. The van der Waals surface area contributed by atoms with Crippen molar-refractivity contribution in [1.29, 1.82) is 0 Å². The Bertz CT molecular complexity index is 1080. The molecule has 3 aromatic carbocycles. The highest BCUT2D eigenvalue weighted by Gasteiger charge is 2.11. The fourth-order valence-corrected chi connectivity index (χ4v) is 3.85. The zero-order chi connectivity index (χ0) is 22.9.